The molecule has 0 spiro atoms. The molecule has 0 aliphatic heterocycles. The van der Waals surface area contributed by atoms with Crippen molar-refractivity contribution in [1.82, 2.24) is 0 Å². The van der Waals surface area contributed by atoms with E-state index in [4.69, 9.17) is 0 Å². The normalized spacial score (nSPS) is 25.6. The van der Waals surface area contributed by atoms with Gasteiger partial charge in [0.15, 0.2) is 0 Å². The van der Waals surface area contributed by atoms with Gasteiger partial charge >= 0.3 is 37.7 Å². The molecule has 40 valence electrons. The van der Waals surface area contributed by atoms with E-state index in [9.17, 15) is 0 Å². The molecular formula is C8H6Li2. The predicted molar refractivity (Wildman–Crippen MR) is 33.9 cm³/mol. The van der Waals surface area contributed by atoms with Gasteiger partial charge in [0.05, 0.1) is 0 Å². The van der Waals surface area contributed by atoms with Crippen LogP contribution in [0.4, 0.5) is 0 Å². The Balaban J connectivity index is 0. The van der Waals surface area contributed by atoms with Gasteiger partial charge in [-0.05, 0) is 0 Å². The predicted octanol–water partition coefficient (Wildman–Crippen LogP) is -4.16. The maximum atomic E-state index is 2.92. The molecule has 0 aromatic rings. The Bertz CT molecular complexity index is 108. The standard InChI is InChI=1S/C8H6.2Li/c1-2-4-6-8-7-5-3-1;;/h1-3,6-8H;;/q-2;2*+1/b2-1-,3-1?,8-6?,8-7-;;. The zero-order valence-electron chi connectivity index (χ0n) is 6.46. The second kappa shape index (κ2) is 9.15. The van der Waals surface area contributed by atoms with E-state index in [0.29, 0.717) is 0 Å². The first-order valence-electron chi connectivity index (χ1n) is 2.49. The van der Waals surface area contributed by atoms with E-state index < -0.39 is 0 Å². The largest absolute Gasteiger partial charge is 1.00 e. The van der Waals surface area contributed by atoms with E-state index >= 15 is 0 Å². The van der Waals surface area contributed by atoms with Crippen LogP contribution in [0.25, 0.3) is 0 Å². The molecular weight excluding hydrogens is 110 g/mol. The number of rotatable bonds is 0. The summed E-state index contributed by atoms with van der Waals surface area (Å²) in [5.41, 5.74) is 0. The molecule has 0 radical (unpaired) electrons. The minimum Gasteiger partial charge on any atom is -0.184 e. The van der Waals surface area contributed by atoms with Gasteiger partial charge in [0.2, 0.25) is 0 Å². The first-order valence-corrected chi connectivity index (χ1v) is 2.49. The molecule has 0 N–H and O–H groups in total. The summed E-state index contributed by atoms with van der Waals surface area (Å²) < 4.78 is 0. The molecule has 0 amide bonds. The molecule has 0 unspecified atom stereocenters. The van der Waals surface area contributed by atoms with Gasteiger partial charge in [-0.1, -0.05) is 0 Å². The third-order valence-corrected chi connectivity index (χ3v) is 0.770. The van der Waals surface area contributed by atoms with Gasteiger partial charge in [0, 0.05) is 0 Å². The molecule has 10 heavy (non-hydrogen) atoms. The first-order chi connectivity index (χ1) is 4.00. The third kappa shape index (κ3) is 6.28. The fourth-order valence-corrected chi connectivity index (χ4v) is 0.430. The minimum absolute atomic E-state index is 0. The monoisotopic (exact) mass is 116 g/mol. The molecule has 1 aliphatic rings. The van der Waals surface area contributed by atoms with Gasteiger partial charge in [-0.3, -0.25) is 0 Å². The zero-order valence-corrected chi connectivity index (χ0v) is 6.46. The maximum absolute atomic E-state index is 2.92. The molecule has 1 rings (SSSR count). The van der Waals surface area contributed by atoms with Gasteiger partial charge in [-0.25, -0.2) is 0 Å². The SMILES string of the molecule is [C-]1=C\C=C/[C-]=C\C=C/1.[Li+].[Li+]. The van der Waals surface area contributed by atoms with Crippen LogP contribution < -0.4 is 37.7 Å². The second-order valence-electron chi connectivity index (χ2n) is 1.38. The Morgan fingerprint density at radius 1 is 0.700 bits per heavy atom. The van der Waals surface area contributed by atoms with Crippen LogP contribution in [0.2, 0.25) is 0 Å². The van der Waals surface area contributed by atoms with Gasteiger partial charge < -0.3 is 0 Å². The average molecular weight is 116 g/mol. The summed E-state index contributed by atoms with van der Waals surface area (Å²) in [6, 6.07) is 0. The fraction of sp³-hybridized carbons (Fsp3) is 0. The minimum atomic E-state index is 0. The smallest absolute Gasteiger partial charge is 0.184 e. The van der Waals surface area contributed by atoms with Crippen LogP contribution in [0.15, 0.2) is 36.5 Å². The van der Waals surface area contributed by atoms with E-state index in [2.05, 4.69) is 12.2 Å². The third-order valence-electron chi connectivity index (χ3n) is 0.770. The number of hydrogen-bond acceptors (Lipinski definition) is 0. The summed E-state index contributed by atoms with van der Waals surface area (Å²) >= 11 is 0. The van der Waals surface area contributed by atoms with Crippen LogP contribution in [-0.2, 0) is 0 Å². The van der Waals surface area contributed by atoms with Gasteiger partial charge in [0.1, 0.15) is 0 Å². The summed E-state index contributed by atoms with van der Waals surface area (Å²) in [6.07, 6.45) is 17.0. The van der Waals surface area contributed by atoms with E-state index in [1.807, 2.05) is 36.5 Å². The summed E-state index contributed by atoms with van der Waals surface area (Å²) in [7, 11) is 0. The molecule has 0 fully saturated rings. The van der Waals surface area contributed by atoms with Crippen molar-refractivity contribution in [1.29, 1.82) is 0 Å². The van der Waals surface area contributed by atoms with Crippen molar-refractivity contribution in [3.63, 3.8) is 0 Å². The maximum Gasteiger partial charge on any atom is 1.00 e. The molecule has 0 aromatic heterocycles. The van der Waals surface area contributed by atoms with Crippen LogP contribution >= 0.6 is 0 Å². The molecule has 0 aromatic carbocycles. The molecule has 2 heteroatoms. The molecule has 0 bridgehead atoms. The van der Waals surface area contributed by atoms with Crippen LogP contribution in [-0.4, -0.2) is 0 Å². The summed E-state index contributed by atoms with van der Waals surface area (Å²) in [5, 5.41) is 0. The van der Waals surface area contributed by atoms with Gasteiger partial charge in [-0.15, -0.1) is 0 Å². The Kier molecular flexibility index (Phi) is 11.7. The van der Waals surface area contributed by atoms with Crippen molar-refractivity contribution in [3.8, 4) is 0 Å². The first kappa shape index (κ1) is 12.8. The van der Waals surface area contributed by atoms with E-state index in [1.54, 1.807) is 0 Å². The Labute approximate surface area is 86.1 Å². The van der Waals surface area contributed by atoms with Crippen molar-refractivity contribution in [2.45, 2.75) is 0 Å². The van der Waals surface area contributed by atoms with Crippen LogP contribution in [0.3, 0.4) is 0 Å². The van der Waals surface area contributed by atoms with E-state index in [0.717, 1.165) is 0 Å². The van der Waals surface area contributed by atoms with Crippen molar-refractivity contribution in [3.05, 3.63) is 48.6 Å². The van der Waals surface area contributed by atoms with Crippen molar-refractivity contribution >= 4 is 0 Å². The quantitative estimate of drug-likeness (QED) is 0.222. The van der Waals surface area contributed by atoms with E-state index in [1.165, 1.54) is 0 Å². The topological polar surface area (TPSA) is 0 Å². The van der Waals surface area contributed by atoms with Crippen LogP contribution in [0.1, 0.15) is 0 Å². The summed E-state index contributed by atoms with van der Waals surface area (Å²) in [5.74, 6) is 0. The van der Waals surface area contributed by atoms with Crippen LogP contribution in [0, 0.1) is 12.2 Å². The Hall–Kier alpha value is 0.155. The van der Waals surface area contributed by atoms with E-state index in [-0.39, 0.29) is 37.7 Å². The molecule has 0 nitrogen and oxygen atoms in total. The van der Waals surface area contributed by atoms with Gasteiger partial charge in [-0.2, -0.15) is 48.6 Å². The van der Waals surface area contributed by atoms with Crippen LogP contribution in [0.5, 0.6) is 0 Å². The summed E-state index contributed by atoms with van der Waals surface area (Å²) in [4.78, 5) is 0. The Morgan fingerprint density at radius 2 is 1.10 bits per heavy atom. The molecule has 0 saturated heterocycles. The molecule has 0 saturated carbocycles. The zero-order chi connectivity index (χ0) is 5.66. The average Bonchev–Trinajstić information content (AvgIpc) is 1.62. The molecule has 1 aliphatic carbocycles. The summed E-state index contributed by atoms with van der Waals surface area (Å²) in [6.45, 7) is 0. The number of allylic oxidation sites excluding steroid dienone is 8. The molecule has 0 heterocycles. The fourth-order valence-electron chi connectivity index (χ4n) is 0.430. The molecule has 0 atom stereocenters. The van der Waals surface area contributed by atoms with Crippen molar-refractivity contribution in [2.24, 2.45) is 0 Å². The van der Waals surface area contributed by atoms with Crippen molar-refractivity contribution < 1.29 is 37.7 Å². The van der Waals surface area contributed by atoms with Crippen molar-refractivity contribution in [2.75, 3.05) is 0 Å². The second-order valence-corrected chi connectivity index (χ2v) is 1.38. The number of hydrogen-bond donors (Lipinski definition) is 0. The van der Waals surface area contributed by atoms with Gasteiger partial charge in [0.25, 0.3) is 0 Å². The Morgan fingerprint density at radius 3 is 1.50 bits per heavy atom.